The van der Waals surface area contributed by atoms with Gasteiger partial charge in [-0.3, -0.25) is 4.79 Å². The number of benzene rings is 1. The van der Waals surface area contributed by atoms with E-state index in [1.807, 2.05) is 31.2 Å². The summed E-state index contributed by atoms with van der Waals surface area (Å²) in [6.07, 6.45) is 0. The Labute approximate surface area is 109 Å². The molecule has 0 spiro atoms. The molecule has 0 saturated carbocycles. The number of hydrogen-bond donors (Lipinski definition) is 3. The molecule has 0 radical (unpaired) electrons. The van der Waals surface area contributed by atoms with Crippen LogP contribution in [0.15, 0.2) is 24.3 Å². The third-order valence-electron chi connectivity index (χ3n) is 3.52. The van der Waals surface area contributed by atoms with Crippen LogP contribution in [0.1, 0.15) is 5.56 Å². The molecule has 1 aromatic carbocycles. The fraction of sp³-hybridized carbons (Fsp3) is 0.500. The van der Waals surface area contributed by atoms with Gasteiger partial charge in [0, 0.05) is 5.69 Å². The Hall–Kier alpha value is -1.39. The standard InChI is InChI=1S/C14H21N3O/c1-12-4-3-5-13(10-12)15-14(18)11-17-8-6-16(2)7-9-17/h3-5,10H,6-9,11H2,1-2H3,(H,15,18)/p+2. The maximum Gasteiger partial charge on any atom is 0.279 e. The minimum Gasteiger partial charge on any atom is -0.328 e. The number of likely N-dealkylation sites (N-methyl/N-ethyl adjacent to an activating group) is 1. The predicted molar refractivity (Wildman–Crippen MR) is 72.0 cm³/mol. The van der Waals surface area contributed by atoms with Crippen LogP contribution in [0.25, 0.3) is 0 Å². The lowest BCUT2D eigenvalue weighted by molar-refractivity contribution is -0.999. The molecule has 0 bridgehead atoms. The average Bonchev–Trinajstić information content (AvgIpc) is 2.32. The van der Waals surface area contributed by atoms with Crippen molar-refractivity contribution in [1.82, 2.24) is 0 Å². The molecule has 98 valence electrons. The van der Waals surface area contributed by atoms with Gasteiger partial charge in [0.25, 0.3) is 5.91 Å². The first-order valence-corrected chi connectivity index (χ1v) is 6.65. The SMILES string of the molecule is Cc1cccc(NC(=O)C[NH+]2CC[NH+](C)CC2)c1. The van der Waals surface area contributed by atoms with E-state index in [1.54, 1.807) is 4.90 Å². The molecule has 18 heavy (non-hydrogen) atoms. The van der Waals surface area contributed by atoms with Crippen molar-refractivity contribution in [3.8, 4) is 0 Å². The van der Waals surface area contributed by atoms with Crippen LogP contribution >= 0.6 is 0 Å². The summed E-state index contributed by atoms with van der Waals surface area (Å²) in [6.45, 7) is 7.12. The molecule has 1 heterocycles. The molecule has 3 N–H and O–H groups in total. The van der Waals surface area contributed by atoms with Gasteiger partial charge in [-0.15, -0.1) is 0 Å². The molecule has 0 atom stereocenters. The second-order valence-corrected chi connectivity index (χ2v) is 5.30. The number of carbonyl (C=O) groups is 1. The number of rotatable bonds is 3. The van der Waals surface area contributed by atoms with Gasteiger partial charge in [-0.25, -0.2) is 0 Å². The number of piperazine rings is 1. The molecule has 1 aliphatic rings. The molecule has 1 saturated heterocycles. The van der Waals surface area contributed by atoms with Crippen molar-refractivity contribution in [1.29, 1.82) is 0 Å². The van der Waals surface area contributed by atoms with Gasteiger partial charge in [0.15, 0.2) is 6.54 Å². The first-order valence-electron chi connectivity index (χ1n) is 6.65. The Morgan fingerprint density at radius 1 is 1.28 bits per heavy atom. The molecule has 1 aliphatic heterocycles. The molecule has 0 aliphatic carbocycles. The number of aryl methyl sites for hydroxylation is 1. The maximum absolute atomic E-state index is 11.9. The van der Waals surface area contributed by atoms with Crippen molar-refractivity contribution in [2.75, 3.05) is 45.1 Å². The second-order valence-electron chi connectivity index (χ2n) is 5.30. The zero-order valence-electron chi connectivity index (χ0n) is 11.3. The van der Waals surface area contributed by atoms with E-state index in [0.29, 0.717) is 6.54 Å². The van der Waals surface area contributed by atoms with Gasteiger partial charge in [0.1, 0.15) is 26.2 Å². The van der Waals surface area contributed by atoms with E-state index in [2.05, 4.69) is 12.4 Å². The van der Waals surface area contributed by atoms with Gasteiger partial charge in [-0.1, -0.05) is 12.1 Å². The van der Waals surface area contributed by atoms with Crippen LogP contribution in [0.2, 0.25) is 0 Å². The normalized spacial score (nSPS) is 23.7. The zero-order chi connectivity index (χ0) is 13.0. The summed E-state index contributed by atoms with van der Waals surface area (Å²) in [5.41, 5.74) is 2.07. The van der Waals surface area contributed by atoms with E-state index in [-0.39, 0.29) is 5.91 Å². The summed E-state index contributed by atoms with van der Waals surface area (Å²) < 4.78 is 0. The summed E-state index contributed by atoms with van der Waals surface area (Å²) >= 11 is 0. The van der Waals surface area contributed by atoms with Crippen molar-refractivity contribution in [3.05, 3.63) is 29.8 Å². The fourth-order valence-electron chi connectivity index (χ4n) is 2.36. The van der Waals surface area contributed by atoms with E-state index in [1.165, 1.54) is 10.5 Å². The topological polar surface area (TPSA) is 38.0 Å². The Kier molecular flexibility index (Phi) is 4.33. The van der Waals surface area contributed by atoms with Crippen LogP contribution in [0.5, 0.6) is 0 Å². The van der Waals surface area contributed by atoms with Crippen LogP contribution in [-0.4, -0.2) is 45.7 Å². The molecular weight excluding hydrogens is 226 g/mol. The van der Waals surface area contributed by atoms with E-state index in [4.69, 9.17) is 0 Å². The lowest BCUT2D eigenvalue weighted by Crippen LogP contribution is -3.27. The van der Waals surface area contributed by atoms with Gasteiger partial charge in [0.2, 0.25) is 0 Å². The van der Waals surface area contributed by atoms with Crippen LogP contribution in [-0.2, 0) is 4.79 Å². The van der Waals surface area contributed by atoms with Gasteiger partial charge in [-0.05, 0) is 24.6 Å². The smallest absolute Gasteiger partial charge is 0.279 e. The Bertz CT molecular complexity index is 411. The summed E-state index contributed by atoms with van der Waals surface area (Å²) in [6, 6.07) is 7.94. The number of quaternary nitrogens is 2. The molecule has 4 heteroatoms. The third kappa shape index (κ3) is 3.82. The van der Waals surface area contributed by atoms with Crippen molar-refractivity contribution in [2.24, 2.45) is 0 Å². The van der Waals surface area contributed by atoms with E-state index in [9.17, 15) is 4.79 Å². The fourth-order valence-corrected chi connectivity index (χ4v) is 2.36. The quantitative estimate of drug-likeness (QED) is 0.590. The maximum atomic E-state index is 11.9. The first-order chi connectivity index (χ1) is 8.63. The predicted octanol–water partition coefficient (Wildman–Crippen LogP) is -1.65. The number of nitrogens with one attached hydrogen (secondary N) is 3. The van der Waals surface area contributed by atoms with Crippen LogP contribution in [0.3, 0.4) is 0 Å². The highest BCUT2D eigenvalue weighted by Crippen LogP contribution is 2.08. The molecular formula is C14H23N3O+2. The van der Waals surface area contributed by atoms with Crippen molar-refractivity contribution in [3.63, 3.8) is 0 Å². The summed E-state index contributed by atoms with van der Waals surface area (Å²) in [4.78, 5) is 14.9. The highest BCUT2D eigenvalue weighted by molar-refractivity contribution is 5.91. The molecule has 0 unspecified atom stereocenters. The third-order valence-corrected chi connectivity index (χ3v) is 3.52. The number of amides is 1. The van der Waals surface area contributed by atoms with Crippen LogP contribution < -0.4 is 15.1 Å². The number of carbonyl (C=O) groups excluding carboxylic acids is 1. The highest BCUT2D eigenvalue weighted by atomic mass is 16.2. The van der Waals surface area contributed by atoms with Crippen LogP contribution in [0.4, 0.5) is 5.69 Å². The van der Waals surface area contributed by atoms with E-state index >= 15 is 0 Å². The summed E-state index contributed by atoms with van der Waals surface area (Å²) in [5.74, 6) is 0.121. The van der Waals surface area contributed by atoms with Gasteiger partial charge in [0.05, 0.1) is 7.05 Å². The second kappa shape index (κ2) is 5.98. The van der Waals surface area contributed by atoms with Gasteiger partial charge in [-0.2, -0.15) is 0 Å². The Morgan fingerprint density at radius 3 is 2.67 bits per heavy atom. The average molecular weight is 249 g/mol. The van der Waals surface area contributed by atoms with E-state index in [0.717, 1.165) is 31.9 Å². The number of hydrogen-bond acceptors (Lipinski definition) is 1. The minimum atomic E-state index is 0.121. The molecule has 2 rings (SSSR count). The van der Waals surface area contributed by atoms with Gasteiger partial charge < -0.3 is 15.1 Å². The molecule has 4 nitrogen and oxygen atoms in total. The largest absolute Gasteiger partial charge is 0.328 e. The molecule has 1 fully saturated rings. The lowest BCUT2D eigenvalue weighted by Gasteiger charge is -2.26. The molecule has 1 amide bonds. The molecule has 0 aromatic heterocycles. The highest BCUT2D eigenvalue weighted by Gasteiger charge is 2.22. The van der Waals surface area contributed by atoms with E-state index < -0.39 is 0 Å². The lowest BCUT2D eigenvalue weighted by atomic mass is 10.2. The zero-order valence-corrected chi connectivity index (χ0v) is 11.3. The Morgan fingerprint density at radius 2 is 2.00 bits per heavy atom. The van der Waals surface area contributed by atoms with Gasteiger partial charge >= 0.3 is 0 Å². The van der Waals surface area contributed by atoms with Crippen molar-refractivity contribution < 1.29 is 14.6 Å². The monoisotopic (exact) mass is 249 g/mol. The van der Waals surface area contributed by atoms with Crippen molar-refractivity contribution in [2.45, 2.75) is 6.92 Å². The summed E-state index contributed by atoms with van der Waals surface area (Å²) in [5, 5.41) is 2.97. The first kappa shape index (κ1) is 13.1. The van der Waals surface area contributed by atoms with Crippen molar-refractivity contribution >= 4 is 11.6 Å². The summed E-state index contributed by atoms with van der Waals surface area (Å²) in [7, 11) is 2.21. The number of anilines is 1. The minimum absolute atomic E-state index is 0.121. The molecule has 1 aromatic rings. The Balaban J connectivity index is 1.82. The van der Waals surface area contributed by atoms with Crippen LogP contribution in [0, 0.1) is 6.92 Å².